The van der Waals surface area contributed by atoms with Crippen molar-refractivity contribution >= 4 is 27.7 Å². The number of ether oxygens (including phenoxy) is 1. The van der Waals surface area contributed by atoms with Crippen LogP contribution in [0.5, 0.6) is 0 Å². The van der Waals surface area contributed by atoms with Gasteiger partial charge in [0.25, 0.3) is 0 Å². The SMILES string of the molecule is O=C(Nc1cc(Br)cc(F)c1F)OCc1ccccc1. The fourth-order valence-corrected chi connectivity index (χ4v) is 1.95. The maximum atomic E-state index is 13.4. The first-order chi connectivity index (χ1) is 9.56. The monoisotopic (exact) mass is 341 g/mol. The molecule has 6 heteroatoms. The van der Waals surface area contributed by atoms with Crippen molar-refractivity contribution in [2.24, 2.45) is 0 Å². The summed E-state index contributed by atoms with van der Waals surface area (Å²) in [5.41, 5.74) is 0.512. The van der Waals surface area contributed by atoms with Gasteiger partial charge in [-0.2, -0.15) is 0 Å². The lowest BCUT2D eigenvalue weighted by molar-refractivity contribution is 0.155. The first kappa shape index (κ1) is 14.5. The highest BCUT2D eigenvalue weighted by molar-refractivity contribution is 9.10. The average Bonchev–Trinajstić information content (AvgIpc) is 2.43. The summed E-state index contributed by atoms with van der Waals surface area (Å²) in [6.45, 7) is 0.0464. The van der Waals surface area contributed by atoms with Crippen molar-refractivity contribution in [1.29, 1.82) is 0 Å². The Labute approximate surface area is 122 Å². The van der Waals surface area contributed by atoms with Crippen molar-refractivity contribution in [2.75, 3.05) is 5.32 Å². The molecule has 0 unspecified atom stereocenters. The smallest absolute Gasteiger partial charge is 0.412 e. The highest BCUT2D eigenvalue weighted by Crippen LogP contribution is 2.23. The van der Waals surface area contributed by atoms with Crippen molar-refractivity contribution in [1.82, 2.24) is 0 Å². The van der Waals surface area contributed by atoms with Crippen LogP contribution in [0.4, 0.5) is 19.3 Å². The molecule has 1 amide bonds. The van der Waals surface area contributed by atoms with E-state index in [0.717, 1.165) is 11.6 Å². The third kappa shape index (κ3) is 3.77. The number of rotatable bonds is 3. The van der Waals surface area contributed by atoms with Gasteiger partial charge in [0.05, 0.1) is 5.69 Å². The zero-order valence-electron chi connectivity index (χ0n) is 10.2. The third-order valence-electron chi connectivity index (χ3n) is 2.44. The van der Waals surface area contributed by atoms with Crippen LogP contribution in [0.3, 0.4) is 0 Å². The van der Waals surface area contributed by atoms with Gasteiger partial charge < -0.3 is 4.74 Å². The molecule has 0 aliphatic heterocycles. The fourth-order valence-electron chi connectivity index (χ4n) is 1.52. The highest BCUT2D eigenvalue weighted by Gasteiger charge is 2.13. The molecule has 0 aliphatic rings. The highest BCUT2D eigenvalue weighted by atomic mass is 79.9. The lowest BCUT2D eigenvalue weighted by Crippen LogP contribution is -2.15. The topological polar surface area (TPSA) is 38.3 Å². The zero-order chi connectivity index (χ0) is 14.5. The van der Waals surface area contributed by atoms with E-state index in [1.165, 1.54) is 6.07 Å². The van der Waals surface area contributed by atoms with E-state index in [1.54, 1.807) is 24.3 Å². The Morgan fingerprint density at radius 1 is 1.20 bits per heavy atom. The van der Waals surface area contributed by atoms with Gasteiger partial charge in [-0.15, -0.1) is 0 Å². The second-order valence-corrected chi connectivity index (χ2v) is 4.85. The normalized spacial score (nSPS) is 10.2. The van der Waals surface area contributed by atoms with Gasteiger partial charge in [-0.1, -0.05) is 46.3 Å². The molecule has 0 aromatic heterocycles. The molecule has 0 bridgehead atoms. The van der Waals surface area contributed by atoms with E-state index < -0.39 is 17.7 Å². The molecule has 2 aromatic rings. The minimum atomic E-state index is -1.13. The summed E-state index contributed by atoms with van der Waals surface area (Å²) in [7, 11) is 0. The molecule has 0 saturated heterocycles. The molecule has 2 aromatic carbocycles. The number of benzene rings is 2. The average molecular weight is 342 g/mol. The van der Waals surface area contributed by atoms with E-state index in [0.29, 0.717) is 4.47 Å². The summed E-state index contributed by atoms with van der Waals surface area (Å²) in [4.78, 5) is 11.5. The van der Waals surface area contributed by atoms with E-state index >= 15 is 0 Å². The zero-order valence-corrected chi connectivity index (χ0v) is 11.8. The van der Waals surface area contributed by atoms with Gasteiger partial charge in [0.1, 0.15) is 6.61 Å². The summed E-state index contributed by atoms with van der Waals surface area (Å²) < 4.78 is 31.8. The lowest BCUT2D eigenvalue weighted by atomic mass is 10.2. The van der Waals surface area contributed by atoms with Crippen LogP contribution >= 0.6 is 15.9 Å². The van der Waals surface area contributed by atoms with Gasteiger partial charge >= 0.3 is 6.09 Å². The summed E-state index contributed by atoms with van der Waals surface area (Å²) in [6.07, 6.45) is -0.856. The van der Waals surface area contributed by atoms with Crippen molar-refractivity contribution in [3.05, 3.63) is 64.1 Å². The standard InChI is InChI=1S/C14H10BrF2NO2/c15-10-6-11(16)13(17)12(7-10)18-14(19)20-8-9-4-2-1-3-5-9/h1-7H,8H2,(H,18,19). The Morgan fingerprint density at radius 2 is 1.90 bits per heavy atom. The minimum Gasteiger partial charge on any atom is -0.444 e. The van der Waals surface area contributed by atoms with Gasteiger partial charge in [0.2, 0.25) is 0 Å². The molecular formula is C14H10BrF2NO2. The molecule has 0 fully saturated rings. The molecule has 0 radical (unpaired) electrons. The van der Waals surface area contributed by atoms with Crippen LogP contribution in [-0.4, -0.2) is 6.09 Å². The molecule has 0 aliphatic carbocycles. The van der Waals surface area contributed by atoms with Crippen LogP contribution in [0.25, 0.3) is 0 Å². The molecule has 0 heterocycles. The number of halogens is 3. The number of carbonyl (C=O) groups excluding carboxylic acids is 1. The van der Waals surface area contributed by atoms with Crippen molar-refractivity contribution < 1.29 is 18.3 Å². The van der Waals surface area contributed by atoms with Crippen molar-refractivity contribution in [2.45, 2.75) is 6.61 Å². The Kier molecular flexibility index (Phi) is 4.68. The number of hydrogen-bond donors (Lipinski definition) is 1. The number of hydrogen-bond acceptors (Lipinski definition) is 2. The van der Waals surface area contributed by atoms with E-state index in [2.05, 4.69) is 21.2 Å². The molecule has 1 N–H and O–H groups in total. The van der Waals surface area contributed by atoms with Gasteiger partial charge in [0, 0.05) is 4.47 Å². The largest absolute Gasteiger partial charge is 0.444 e. The molecule has 2 rings (SSSR count). The van der Waals surface area contributed by atoms with E-state index in [1.807, 2.05) is 6.07 Å². The predicted octanol–water partition coefficient (Wildman–Crippen LogP) is 4.48. The molecule has 20 heavy (non-hydrogen) atoms. The quantitative estimate of drug-likeness (QED) is 0.836. The van der Waals surface area contributed by atoms with Gasteiger partial charge in [-0.05, 0) is 17.7 Å². The molecule has 0 spiro atoms. The molecule has 3 nitrogen and oxygen atoms in total. The van der Waals surface area contributed by atoms with Crippen LogP contribution in [0.2, 0.25) is 0 Å². The summed E-state index contributed by atoms with van der Waals surface area (Å²) >= 11 is 3.01. The molecule has 0 atom stereocenters. The van der Waals surface area contributed by atoms with Gasteiger partial charge in [-0.25, -0.2) is 13.6 Å². The van der Waals surface area contributed by atoms with E-state index in [4.69, 9.17) is 4.74 Å². The van der Waals surface area contributed by atoms with Crippen LogP contribution in [0, 0.1) is 11.6 Å². The molecule has 104 valence electrons. The van der Waals surface area contributed by atoms with Crippen LogP contribution in [-0.2, 0) is 11.3 Å². The van der Waals surface area contributed by atoms with Crippen LogP contribution in [0.15, 0.2) is 46.9 Å². The van der Waals surface area contributed by atoms with Gasteiger partial charge in [-0.3, -0.25) is 5.32 Å². The maximum absolute atomic E-state index is 13.4. The van der Waals surface area contributed by atoms with Crippen molar-refractivity contribution in [3.8, 4) is 0 Å². The Morgan fingerprint density at radius 3 is 2.60 bits per heavy atom. The second kappa shape index (κ2) is 6.47. The van der Waals surface area contributed by atoms with E-state index in [9.17, 15) is 13.6 Å². The predicted molar refractivity (Wildman–Crippen MR) is 74.3 cm³/mol. The Balaban J connectivity index is 1.98. The summed E-state index contributed by atoms with van der Waals surface area (Å²) in [6, 6.07) is 11.2. The lowest BCUT2D eigenvalue weighted by Gasteiger charge is -2.08. The number of amides is 1. The van der Waals surface area contributed by atoms with E-state index in [-0.39, 0.29) is 12.3 Å². The molecule has 0 saturated carbocycles. The fraction of sp³-hybridized carbons (Fsp3) is 0.0714. The first-order valence-corrected chi connectivity index (χ1v) is 6.48. The number of anilines is 1. The number of carbonyl (C=O) groups is 1. The Bertz CT molecular complexity index is 620. The van der Waals surface area contributed by atoms with Crippen molar-refractivity contribution in [3.63, 3.8) is 0 Å². The maximum Gasteiger partial charge on any atom is 0.412 e. The minimum absolute atomic E-state index is 0.0464. The second-order valence-electron chi connectivity index (χ2n) is 3.94. The summed E-state index contributed by atoms with van der Waals surface area (Å²) in [5, 5.41) is 2.16. The molecular weight excluding hydrogens is 332 g/mol. The van der Waals surface area contributed by atoms with Gasteiger partial charge in [0.15, 0.2) is 11.6 Å². The first-order valence-electron chi connectivity index (χ1n) is 5.68. The number of nitrogens with one attached hydrogen (secondary N) is 1. The van der Waals surface area contributed by atoms with Crippen LogP contribution < -0.4 is 5.32 Å². The summed E-state index contributed by atoms with van der Waals surface area (Å²) in [5.74, 6) is -2.19. The Hall–Kier alpha value is -1.95. The third-order valence-corrected chi connectivity index (χ3v) is 2.90. The van der Waals surface area contributed by atoms with Crippen LogP contribution in [0.1, 0.15) is 5.56 Å².